The van der Waals surface area contributed by atoms with Crippen LogP contribution in [-0.2, 0) is 14.3 Å². The molecule has 2 aromatic rings. The van der Waals surface area contributed by atoms with Gasteiger partial charge in [0.05, 0.1) is 7.11 Å². The summed E-state index contributed by atoms with van der Waals surface area (Å²) in [6, 6.07) is 14.9. The Balaban J connectivity index is 1.94. The number of amides is 1. The van der Waals surface area contributed by atoms with Crippen molar-refractivity contribution in [1.82, 2.24) is 0 Å². The molecule has 0 heterocycles. The number of carbonyl (C=O) groups excluding carboxylic acids is 2. The molecule has 0 aliphatic carbocycles. The lowest BCUT2D eigenvalue weighted by atomic mass is 9.97. The van der Waals surface area contributed by atoms with E-state index in [-0.39, 0.29) is 5.91 Å². The van der Waals surface area contributed by atoms with E-state index >= 15 is 0 Å². The van der Waals surface area contributed by atoms with Crippen molar-refractivity contribution >= 4 is 23.6 Å². The van der Waals surface area contributed by atoms with E-state index in [2.05, 4.69) is 19.2 Å². The van der Waals surface area contributed by atoms with E-state index in [1.807, 2.05) is 36.4 Å². The van der Waals surface area contributed by atoms with Crippen LogP contribution in [-0.4, -0.2) is 25.1 Å². The minimum atomic E-state index is -0.905. The standard InChI is InChI=1S/C23H27NO4/c1-5-16(2)20-8-6-7-9-21(20)24-23(26)17(3)28-22(25)15-12-18-10-13-19(27-4)14-11-18/h6-17H,5H2,1-4H3,(H,24,26)/b15-12+/t16-,17-/m1/s1. The normalized spacial score (nSPS) is 13.0. The number of anilines is 1. The summed E-state index contributed by atoms with van der Waals surface area (Å²) in [5.74, 6) is 0.125. The molecule has 0 saturated heterocycles. The van der Waals surface area contributed by atoms with E-state index in [1.54, 1.807) is 32.2 Å². The Hall–Kier alpha value is -3.08. The first kappa shape index (κ1) is 21.2. The molecule has 0 aromatic heterocycles. The summed E-state index contributed by atoms with van der Waals surface area (Å²) in [6.07, 6.45) is 3.00. The minimum Gasteiger partial charge on any atom is -0.497 e. The minimum absolute atomic E-state index is 0.321. The fourth-order valence-corrected chi connectivity index (χ4v) is 2.64. The smallest absolute Gasteiger partial charge is 0.331 e. The van der Waals surface area contributed by atoms with Crippen molar-refractivity contribution in [1.29, 1.82) is 0 Å². The second-order valence-electron chi connectivity index (χ2n) is 6.57. The SMILES string of the molecule is CC[C@@H](C)c1ccccc1NC(=O)[C@@H](C)OC(=O)/C=C/c1ccc(OC)cc1. The Labute approximate surface area is 166 Å². The zero-order valence-electron chi connectivity index (χ0n) is 16.8. The summed E-state index contributed by atoms with van der Waals surface area (Å²) in [6.45, 7) is 5.77. The number of para-hydroxylation sites is 1. The van der Waals surface area contributed by atoms with Crippen molar-refractivity contribution in [2.45, 2.75) is 39.2 Å². The molecule has 0 unspecified atom stereocenters. The average molecular weight is 381 g/mol. The molecular formula is C23H27NO4. The van der Waals surface area contributed by atoms with Gasteiger partial charge >= 0.3 is 5.97 Å². The van der Waals surface area contributed by atoms with Gasteiger partial charge in [0.25, 0.3) is 5.91 Å². The molecule has 0 aliphatic rings. The quantitative estimate of drug-likeness (QED) is 0.527. The second kappa shape index (κ2) is 10.3. The van der Waals surface area contributed by atoms with Crippen molar-refractivity contribution in [3.8, 4) is 5.75 Å². The van der Waals surface area contributed by atoms with Crippen molar-refractivity contribution in [3.63, 3.8) is 0 Å². The summed E-state index contributed by atoms with van der Waals surface area (Å²) >= 11 is 0. The lowest BCUT2D eigenvalue weighted by molar-refractivity contribution is -0.148. The summed E-state index contributed by atoms with van der Waals surface area (Å²) in [7, 11) is 1.59. The maximum atomic E-state index is 12.4. The van der Waals surface area contributed by atoms with Crippen LogP contribution in [0.1, 0.15) is 44.2 Å². The third-order valence-corrected chi connectivity index (χ3v) is 4.55. The molecule has 0 aliphatic heterocycles. The molecule has 28 heavy (non-hydrogen) atoms. The molecule has 5 nitrogen and oxygen atoms in total. The molecule has 2 aromatic carbocycles. The molecule has 0 saturated carbocycles. The number of nitrogens with one attached hydrogen (secondary N) is 1. The Bertz CT molecular complexity index is 827. The predicted octanol–water partition coefficient (Wildman–Crippen LogP) is 4.79. The number of rotatable bonds is 8. The molecule has 2 atom stereocenters. The average Bonchev–Trinajstić information content (AvgIpc) is 2.72. The van der Waals surface area contributed by atoms with Gasteiger partial charge < -0.3 is 14.8 Å². The maximum absolute atomic E-state index is 12.4. The Morgan fingerprint density at radius 3 is 2.39 bits per heavy atom. The first-order valence-electron chi connectivity index (χ1n) is 9.37. The van der Waals surface area contributed by atoms with Gasteiger partial charge in [-0.1, -0.05) is 44.2 Å². The number of benzene rings is 2. The van der Waals surface area contributed by atoms with Gasteiger partial charge in [0.15, 0.2) is 6.10 Å². The molecule has 148 valence electrons. The summed E-state index contributed by atoms with van der Waals surface area (Å²) in [4.78, 5) is 24.4. The van der Waals surface area contributed by atoms with Gasteiger partial charge in [0.1, 0.15) is 5.75 Å². The summed E-state index contributed by atoms with van der Waals surface area (Å²) in [5.41, 5.74) is 2.65. The Kier molecular flexibility index (Phi) is 7.81. The molecular weight excluding hydrogens is 354 g/mol. The van der Waals surface area contributed by atoms with Crippen LogP contribution in [0.5, 0.6) is 5.75 Å². The number of carbonyl (C=O) groups is 2. The van der Waals surface area contributed by atoms with Crippen LogP contribution < -0.4 is 10.1 Å². The summed E-state index contributed by atoms with van der Waals surface area (Å²) in [5, 5.41) is 2.86. The van der Waals surface area contributed by atoms with Crippen LogP contribution in [0.25, 0.3) is 6.08 Å². The Morgan fingerprint density at radius 1 is 1.07 bits per heavy atom. The maximum Gasteiger partial charge on any atom is 0.331 e. The van der Waals surface area contributed by atoms with E-state index in [0.29, 0.717) is 5.92 Å². The molecule has 1 N–H and O–H groups in total. The van der Waals surface area contributed by atoms with Gasteiger partial charge in [-0.15, -0.1) is 0 Å². The van der Waals surface area contributed by atoms with Gasteiger partial charge in [0.2, 0.25) is 0 Å². The lowest BCUT2D eigenvalue weighted by Crippen LogP contribution is -2.29. The monoisotopic (exact) mass is 381 g/mol. The van der Waals surface area contributed by atoms with Crippen molar-refractivity contribution in [2.75, 3.05) is 12.4 Å². The van der Waals surface area contributed by atoms with Crippen molar-refractivity contribution in [3.05, 3.63) is 65.7 Å². The highest BCUT2D eigenvalue weighted by atomic mass is 16.5. The zero-order chi connectivity index (χ0) is 20.5. The van der Waals surface area contributed by atoms with Crippen molar-refractivity contribution < 1.29 is 19.1 Å². The number of hydrogen-bond donors (Lipinski definition) is 1. The molecule has 2 rings (SSSR count). The number of methoxy groups -OCH3 is 1. The first-order valence-corrected chi connectivity index (χ1v) is 9.37. The van der Waals surface area contributed by atoms with Crippen molar-refractivity contribution in [2.24, 2.45) is 0 Å². The largest absolute Gasteiger partial charge is 0.497 e. The number of hydrogen-bond acceptors (Lipinski definition) is 4. The number of ether oxygens (including phenoxy) is 2. The molecule has 0 fully saturated rings. The highest BCUT2D eigenvalue weighted by Crippen LogP contribution is 2.26. The highest BCUT2D eigenvalue weighted by molar-refractivity contribution is 5.97. The van der Waals surface area contributed by atoms with Crippen LogP contribution in [0, 0.1) is 0 Å². The van der Waals surface area contributed by atoms with E-state index in [1.165, 1.54) is 6.08 Å². The lowest BCUT2D eigenvalue weighted by Gasteiger charge is -2.17. The third-order valence-electron chi connectivity index (χ3n) is 4.55. The number of esters is 1. The topological polar surface area (TPSA) is 64.6 Å². The van der Waals surface area contributed by atoms with Crippen LogP contribution in [0.15, 0.2) is 54.6 Å². The first-order chi connectivity index (χ1) is 13.4. The van der Waals surface area contributed by atoms with E-state index in [4.69, 9.17) is 9.47 Å². The van der Waals surface area contributed by atoms with E-state index in [0.717, 1.165) is 29.0 Å². The molecule has 0 spiro atoms. The van der Waals surface area contributed by atoms with Crippen LogP contribution in [0.2, 0.25) is 0 Å². The van der Waals surface area contributed by atoms with Gasteiger partial charge in [-0.25, -0.2) is 4.79 Å². The van der Waals surface area contributed by atoms with Crippen LogP contribution in [0.3, 0.4) is 0 Å². The zero-order valence-corrected chi connectivity index (χ0v) is 16.8. The molecule has 1 amide bonds. The van der Waals surface area contributed by atoms with Crippen LogP contribution >= 0.6 is 0 Å². The Morgan fingerprint density at radius 2 is 1.75 bits per heavy atom. The highest BCUT2D eigenvalue weighted by Gasteiger charge is 2.18. The van der Waals surface area contributed by atoms with Gasteiger partial charge in [0, 0.05) is 11.8 Å². The van der Waals surface area contributed by atoms with Crippen LogP contribution in [0.4, 0.5) is 5.69 Å². The fraction of sp³-hybridized carbons (Fsp3) is 0.304. The van der Waals surface area contributed by atoms with E-state index < -0.39 is 12.1 Å². The third kappa shape index (κ3) is 5.98. The molecule has 5 heteroatoms. The van der Waals surface area contributed by atoms with E-state index in [9.17, 15) is 9.59 Å². The van der Waals surface area contributed by atoms with Gasteiger partial charge in [-0.05, 0) is 54.7 Å². The summed E-state index contributed by atoms with van der Waals surface area (Å²) < 4.78 is 10.3. The molecule has 0 bridgehead atoms. The second-order valence-corrected chi connectivity index (χ2v) is 6.57. The fourth-order valence-electron chi connectivity index (χ4n) is 2.64. The van der Waals surface area contributed by atoms with Gasteiger partial charge in [-0.3, -0.25) is 4.79 Å². The van der Waals surface area contributed by atoms with Gasteiger partial charge in [-0.2, -0.15) is 0 Å². The predicted molar refractivity (Wildman–Crippen MR) is 111 cm³/mol. The molecule has 0 radical (unpaired) electrons.